The van der Waals surface area contributed by atoms with Crippen molar-refractivity contribution in [1.82, 2.24) is 4.90 Å². The molecule has 0 saturated carbocycles. The molecule has 0 amide bonds. The third kappa shape index (κ3) is 2.23. The standard InChI is InChI=1S/C10H13NO3/c1-11(2)9(10(13)14)7-4-3-5-8(12)6-7/h3-6,9,12H,1-2H3,(H,13,14). The first kappa shape index (κ1) is 10.5. The van der Waals surface area contributed by atoms with Gasteiger partial charge in [-0.25, -0.2) is 0 Å². The first-order valence-corrected chi connectivity index (χ1v) is 4.20. The van der Waals surface area contributed by atoms with E-state index in [1.165, 1.54) is 12.1 Å². The lowest BCUT2D eigenvalue weighted by molar-refractivity contribution is -0.142. The molecule has 0 heterocycles. The molecule has 2 N–H and O–H groups in total. The van der Waals surface area contributed by atoms with Crippen LogP contribution in [0.4, 0.5) is 0 Å². The van der Waals surface area contributed by atoms with Crippen LogP contribution in [0.2, 0.25) is 0 Å². The maximum absolute atomic E-state index is 10.9. The SMILES string of the molecule is CN(C)C(C(=O)O)c1cccc(O)c1. The molecule has 1 unspecified atom stereocenters. The molecule has 0 bridgehead atoms. The second-order valence-corrected chi connectivity index (χ2v) is 3.30. The molecule has 0 spiro atoms. The molecule has 76 valence electrons. The largest absolute Gasteiger partial charge is 0.508 e. The number of phenolic OH excluding ortho intramolecular Hbond substituents is 1. The van der Waals surface area contributed by atoms with Crippen molar-refractivity contribution in [3.8, 4) is 5.75 Å². The number of carbonyl (C=O) groups is 1. The quantitative estimate of drug-likeness (QED) is 0.757. The second kappa shape index (κ2) is 4.11. The predicted octanol–water partition coefficient (Wildman–Crippen LogP) is 1.08. The Hall–Kier alpha value is -1.55. The first-order chi connectivity index (χ1) is 6.52. The number of aliphatic carboxylic acids is 1. The fourth-order valence-electron chi connectivity index (χ4n) is 1.36. The first-order valence-electron chi connectivity index (χ1n) is 4.20. The van der Waals surface area contributed by atoms with Crippen molar-refractivity contribution >= 4 is 5.97 Å². The minimum Gasteiger partial charge on any atom is -0.508 e. The van der Waals surface area contributed by atoms with Crippen LogP contribution < -0.4 is 0 Å². The summed E-state index contributed by atoms with van der Waals surface area (Å²) in [7, 11) is 3.37. The number of hydrogen-bond donors (Lipinski definition) is 2. The number of carboxylic acids is 1. The van der Waals surface area contributed by atoms with Gasteiger partial charge in [-0.3, -0.25) is 9.69 Å². The van der Waals surface area contributed by atoms with E-state index in [0.717, 1.165) is 0 Å². The highest BCUT2D eigenvalue weighted by Crippen LogP contribution is 2.21. The Morgan fingerprint density at radius 2 is 2.07 bits per heavy atom. The molecule has 0 aromatic heterocycles. The van der Waals surface area contributed by atoms with Crippen molar-refractivity contribution < 1.29 is 15.0 Å². The van der Waals surface area contributed by atoms with Crippen molar-refractivity contribution in [3.05, 3.63) is 29.8 Å². The van der Waals surface area contributed by atoms with E-state index >= 15 is 0 Å². The van der Waals surface area contributed by atoms with E-state index in [-0.39, 0.29) is 5.75 Å². The summed E-state index contributed by atoms with van der Waals surface area (Å²) >= 11 is 0. The predicted molar refractivity (Wildman–Crippen MR) is 52.2 cm³/mol. The van der Waals surface area contributed by atoms with E-state index in [2.05, 4.69) is 0 Å². The molecule has 0 aliphatic heterocycles. The lowest BCUT2D eigenvalue weighted by Crippen LogP contribution is -2.27. The van der Waals surface area contributed by atoms with Gasteiger partial charge in [0.1, 0.15) is 11.8 Å². The Balaban J connectivity index is 3.05. The minimum absolute atomic E-state index is 0.0793. The van der Waals surface area contributed by atoms with E-state index in [4.69, 9.17) is 5.11 Å². The smallest absolute Gasteiger partial charge is 0.325 e. The summed E-state index contributed by atoms with van der Waals surface area (Å²) < 4.78 is 0. The summed E-state index contributed by atoms with van der Waals surface area (Å²) in [6, 6.07) is 5.56. The molecule has 0 fully saturated rings. The third-order valence-electron chi connectivity index (χ3n) is 1.94. The maximum atomic E-state index is 10.9. The van der Waals surface area contributed by atoms with E-state index in [1.807, 2.05) is 0 Å². The lowest BCUT2D eigenvalue weighted by atomic mass is 10.1. The Bertz CT molecular complexity index is 336. The van der Waals surface area contributed by atoms with Gasteiger partial charge in [0.25, 0.3) is 0 Å². The number of phenols is 1. The van der Waals surface area contributed by atoms with Crippen LogP contribution in [0.5, 0.6) is 5.75 Å². The van der Waals surface area contributed by atoms with Gasteiger partial charge < -0.3 is 10.2 Å². The van der Waals surface area contributed by atoms with Crippen LogP contribution in [0.3, 0.4) is 0 Å². The van der Waals surface area contributed by atoms with Crippen LogP contribution >= 0.6 is 0 Å². The number of hydrogen-bond acceptors (Lipinski definition) is 3. The molecule has 4 nitrogen and oxygen atoms in total. The van der Waals surface area contributed by atoms with Gasteiger partial charge in [0.15, 0.2) is 0 Å². The highest BCUT2D eigenvalue weighted by Gasteiger charge is 2.21. The van der Waals surface area contributed by atoms with Crippen LogP contribution in [0.15, 0.2) is 24.3 Å². The fourth-order valence-corrected chi connectivity index (χ4v) is 1.36. The monoisotopic (exact) mass is 195 g/mol. The van der Waals surface area contributed by atoms with Gasteiger partial charge in [0, 0.05) is 0 Å². The van der Waals surface area contributed by atoms with Crippen LogP contribution in [0.1, 0.15) is 11.6 Å². The van der Waals surface area contributed by atoms with Crippen LogP contribution in [-0.2, 0) is 4.79 Å². The Morgan fingerprint density at radius 1 is 1.43 bits per heavy atom. The molecular weight excluding hydrogens is 182 g/mol. The average molecular weight is 195 g/mol. The van der Waals surface area contributed by atoms with Gasteiger partial charge in [0.2, 0.25) is 0 Å². The number of benzene rings is 1. The molecule has 4 heteroatoms. The van der Waals surface area contributed by atoms with Crippen molar-refractivity contribution in [1.29, 1.82) is 0 Å². The van der Waals surface area contributed by atoms with Crippen LogP contribution in [0.25, 0.3) is 0 Å². The summed E-state index contributed by atoms with van der Waals surface area (Å²) in [6.45, 7) is 0. The number of carboxylic acid groups (broad SMARTS) is 1. The highest BCUT2D eigenvalue weighted by atomic mass is 16.4. The molecule has 0 saturated heterocycles. The lowest BCUT2D eigenvalue weighted by Gasteiger charge is -2.20. The molecule has 1 aromatic rings. The van der Waals surface area contributed by atoms with Crippen LogP contribution in [0, 0.1) is 0 Å². The number of aromatic hydroxyl groups is 1. The molecule has 0 aliphatic rings. The fraction of sp³-hybridized carbons (Fsp3) is 0.300. The van der Waals surface area contributed by atoms with E-state index < -0.39 is 12.0 Å². The van der Waals surface area contributed by atoms with Gasteiger partial charge >= 0.3 is 5.97 Å². The van der Waals surface area contributed by atoms with Crippen molar-refractivity contribution in [2.24, 2.45) is 0 Å². The zero-order valence-corrected chi connectivity index (χ0v) is 8.14. The van der Waals surface area contributed by atoms with Crippen LogP contribution in [-0.4, -0.2) is 35.2 Å². The van der Waals surface area contributed by atoms with Gasteiger partial charge in [-0.05, 0) is 31.8 Å². The molecule has 1 rings (SSSR count). The van der Waals surface area contributed by atoms with E-state index in [9.17, 15) is 9.90 Å². The molecule has 1 aromatic carbocycles. The number of rotatable bonds is 3. The van der Waals surface area contributed by atoms with E-state index in [1.54, 1.807) is 31.1 Å². The van der Waals surface area contributed by atoms with Crippen molar-refractivity contribution in [2.45, 2.75) is 6.04 Å². The summed E-state index contributed by atoms with van der Waals surface area (Å²) in [5.74, 6) is -0.851. The normalized spacial score (nSPS) is 12.8. The second-order valence-electron chi connectivity index (χ2n) is 3.30. The summed E-state index contributed by atoms with van der Waals surface area (Å²) in [5.41, 5.74) is 0.572. The van der Waals surface area contributed by atoms with Gasteiger partial charge in [0.05, 0.1) is 0 Å². The Labute approximate surface area is 82.4 Å². The average Bonchev–Trinajstić information content (AvgIpc) is 2.02. The zero-order chi connectivity index (χ0) is 10.7. The molecular formula is C10H13NO3. The zero-order valence-electron chi connectivity index (χ0n) is 8.14. The molecule has 14 heavy (non-hydrogen) atoms. The highest BCUT2D eigenvalue weighted by molar-refractivity contribution is 5.75. The van der Waals surface area contributed by atoms with E-state index in [0.29, 0.717) is 5.56 Å². The van der Waals surface area contributed by atoms with Gasteiger partial charge in [-0.15, -0.1) is 0 Å². The third-order valence-corrected chi connectivity index (χ3v) is 1.94. The van der Waals surface area contributed by atoms with Gasteiger partial charge in [-0.1, -0.05) is 12.1 Å². The number of nitrogens with zero attached hydrogens (tertiary/aromatic N) is 1. The molecule has 0 radical (unpaired) electrons. The molecule has 1 atom stereocenters. The maximum Gasteiger partial charge on any atom is 0.325 e. The minimum atomic E-state index is -0.930. The Kier molecular flexibility index (Phi) is 3.09. The Morgan fingerprint density at radius 3 is 2.50 bits per heavy atom. The summed E-state index contributed by atoms with van der Waals surface area (Å²) in [6.07, 6.45) is 0. The summed E-state index contributed by atoms with van der Waals surface area (Å²) in [4.78, 5) is 12.5. The van der Waals surface area contributed by atoms with Crippen molar-refractivity contribution in [2.75, 3.05) is 14.1 Å². The topological polar surface area (TPSA) is 60.8 Å². The summed E-state index contributed by atoms with van der Waals surface area (Å²) in [5, 5.41) is 18.2. The molecule has 0 aliphatic carbocycles. The van der Waals surface area contributed by atoms with Crippen molar-refractivity contribution in [3.63, 3.8) is 0 Å². The van der Waals surface area contributed by atoms with Gasteiger partial charge in [-0.2, -0.15) is 0 Å². The number of likely N-dealkylation sites (N-methyl/N-ethyl adjacent to an activating group) is 1.